The second kappa shape index (κ2) is 7.82. The maximum Gasteiger partial charge on any atom is 0.305 e. The molecule has 10 atom stereocenters. The highest BCUT2D eigenvalue weighted by Gasteiger charge is 2.62. The van der Waals surface area contributed by atoms with Gasteiger partial charge in [-0.15, -0.1) is 0 Å². The zero-order chi connectivity index (χ0) is 21.0. The maximum atomic E-state index is 11.6. The Kier molecular flexibility index (Phi) is 5.83. The van der Waals surface area contributed by atoms with Crippen molar-refractivity contribution in [2.24, 2.45) is 46.3 Å². The van der Waals surface area contributed by atoms with Crippen molar-refractivity contribution >= 4 is 5.97 Å². The lowest BCUT2D eigenvalue weighted by Gasteiger charge is -2.62. The van der Waals surface area contributed by atoms with Crippen LogP contribution in [0.4, 0.5) is 0 Å². The highest BCUT2D eigenvalue weighted by atomic mass is 16.5. The topological polar surface area (TPSA) is 66.8 Å². The summed E-state index contributed by atoms with van der Waals surface area (Å²) in [6, 6.07) is 0. The molecule has 29 heavy (non-hydrogen) atoms. The summed E-state index contributed by atoms with van der Waals surface area (Å²) in [4.78, 5) is 11.6. The van der Waals surface area contributed by atoms with Crippen molar-refractivity contribution in [3.05, 3.63) is 0 Å². The summed E-state index contributed by atoms with van der Waals surface area (Å²) in [5.41, 5.74) is 0.577. The number of carbonyl (C=O) groups excluding carboxylic acids is 1. The van der Waals surface area contributed by atoms with Gasteiger partial charge in [-0.05, 0) is 104 Å². The molecule has 0 spiro atoms. The Morgan fingerprint density at radius 1 is 1.03 bits per heavy atom. The molecule has 0 aromatic rings. The van der Waals surface area contributed by atoms with Gasteiger partial charge in [0.2, 0.25) is 0 Å². The lowest BCUT2D eigenvalue weighted by Crippen LogP contribution is -2.58. The van der Waals surface area contributed by atoms with E-state index in [1.807, 2.05) is 0 Å². The summed E-state index contributed by atoms with van der Waals surface area (Å²) in [7, 11) is 1.48. The van der Waals surface area contributed by atoms with Crippen LogP contribution < -0.4 is 0 Å². The first-order chi connectivity index (χ1) is 13.7. The van der Waals surface area contributed by atoms with Gasteiger partial charge in [-0.2, -0.15) is 0 Å². The van der Waals surface area contributed by atoms with Crippen LogP contribution in [0, 0.1) is 46.3 Å². The monoisotopic (exact) mass is 406 g/mol. The van der Waals surface area contributed by atoms with Crippen molar-refractivity contribution in [3.63, 3.8) is 0 Å². The van der Waals surface area contributed by atoms with E-state index in [0.717, 1.165) is 32.1 Å². The minimum absolute atomic E-state index is 0.0959. The van der Waals surface area contributed by atoms with Gasteiger partial charge in [0, 0.05) is 6.42 Å². The number of fused-ring (bicyclic) bond motifs is 5. The number of hydrogen-bond donors (Lipinski definition) is 2. The molecule has 4 saturated carbocycles. The standard InChI is InChI=1S/C25H42O4/c1-15(5-8-22(28)29-4)18-6-7-19-23-20(10-12-25(18,19)3)24(2)11-9-17(26)13-16(24)14-21(23)27/h15-21,23,26-27H,5-14H2,1-4H3/t15-,16+,17+,18-,19+,20+,21+,23+,24-,25+/m0/s1. The first kappa shape index (κ1) is 21.6. The molecule has 4 aliphatic carbocycles. The molecular formula is C25H42O4. The van der Waals surface area contributed by atoms with Gasteiger partial charge in [0.15, 0.2) is 0 Å². The van der Waals surface area contributed by atoms with Crippen LogP contribution in [0.25, 0.3) is 0 Å². The first-order valence-electron chi connectivity index (χ1n) is 12.1. The quantitative estimate of drug-likeness (QED) is 0.671. The third-order valence-corrected chi connectivity index (χ3v) is 10.4. The van der Waals surface area contributed by atoms with Gasteiger partial charge in [-0.1, -0.05) is 20.8 Å². The van der Waals surface area contributed by atoms with E-state index in [1.54, 1.807) is 0 Å². The summed E-state index contributed by atoms with van der Waals surface area (Å²) in [6.07, 6.45) is 9.80. The van der Waals surface area contributed by atoms with E-state index in [1.165, 1.54) is 32.8 Å². The number of esters is 1. The molecular weight excluding hydrogens is 364 g/mol. The fraction of sp³-hybridized carbons (Fsp3) is 0.960. The zero-order valence-electron chi connectivity index (χ0n) is 18.9. The molecule has 2 N–H and O–H groups in total. The van der Waals surface area contributed by atoms with Crippen LogP contribution in [-0.4, -0.2) is 35.5 Å². The Balaban J connectivity index is 1.53. The third-order valence-electron chi connectivity index (χ3n) is 10.4. The molecule has 0 aliphatic heterocycles. The fourth-order valence-corrected chi connectivity index (χ4v) is 8.82. The lowest BCUT2D eigenvalue weighted by molar-refractivity contribution is -0.174. The highest BCUT2D eigenvalue weighted by Crippen LogP contribution is 2.68. The van der Waals surface area contributed by atoms with Crippen LogP contribution in [-0.2, 0) is 9.53 Å². The van der Waals surface area contributed by atoms with E-state index >= 15 is 0 Å². The molecule has 0 aromatic heterocycles. The molecule has 4 heteroatoms. The van der Waals surface area contributed by atoms with Crippen molar-refractivity contribution in [2.45, 2.75) is 97.2 Å². The van der Waals surface area contributed by atoms with Crippen LogP contribution in [0.1, 0.15) is 85.0 Å². The minimum atomic E-state index is -0.211. The summed E-state index contributed by atoms with van der Waals surface area (Å²) in [5.74, 6) is 3.17. The SMILES string of the molecule is COC(=O)CC[C@H](C)[C@@H]1CC[C@@H]2[C@H]3[C@H](O)C[C@H]4C[C@H](O)CC[C@]4(C)[C@@H]3CC[C@@]21C. The van der Waals surface area contributed by atoms with Gasteiger partial charge in [-0.25, -0.2) is 0 Å². The number of hydrogen-bond acceptors (Lipinski definition) is 4. The largest absolute Gasteiger partial charge is 0.469 e. The molecule has 0 heterocycles. The van der Waals surface area contributed by atoms with E-state index < -0.39 is 0 Å². The minimum Gasteiger partial charge on any atom is -0.469 e. The summed E-state index contributed by atoms with van der Waals surface area (Å²) >= 11 is 0. The summed E-state index contributed by atoms with van der Waals surface area (Å²) in [6.45, 7) is 7.29. The molecule has 0 bridgehead atoms. The molecule has 4 fully saturated rings. The van der Waals surface area contributed by atoms with Crippen molar-refractivity contribution in [1.29, 1.82) is 0 Å². The van der Waals surface area contributed by atoms with Crippen LogP contribution in [0.3, 0.4) is 0 Å². The van der Waals surface area contributed by atoms with Crippen molar-refractivity contribution in [1.82, 2.24) is 0 Å². The van der Waals surface area contributed by atoms with Gasteiger partial charge in [0.1, 0.15) is 0 Å². The van der Waals surface area contributed by atoms with Crippen molar-refractivity contribution in [3.8, 4) is 0 Å². The number of ether oxygens (including phenoxy) is 1. The van der Waals surface area contributed by atoms with E-state index in [-0.39, 0.29) is 23.6 Å². The molecule has 4 rings (SSSR count). The molecule has 4 aliphatic rings. The van der Waals surface area contributed by atoms with Crippen LogP contribution in [0.15, 0.2) is 0 Å². The average Bonchev–Trinajstić information content (AvgIpc) is 3.04. The molecule has 166 valence electrons. The summed E-state index contributed by atoms with van der Waals surface area (Å²) in [5, 5.41) is 21.5. The molecule has 0 saturated heterocycles. The summed E-state index contributed by atoms with van der Waals surface area (Å²) < 4.78 is 4.86. The first-order valence-corrected chi connectivity index (χ1v) is 12.1. The predicted molar refractivity (Wildman–Crippen MR) is 113 cm³/mol. The van der Waals surface area contributed by atoms with Gasteiger partial charge in [0.05, 0.1) is 19.3 Å². The fourth-order valence-electron chi connectivity index (χ4n) is 8.82. The normalized spacial score (nSPS) is 50.2. The predicted octanol–water partition coefficient (Wildman–Crippen LogP) is 4.57. The van der Waals surface area contributed by atoms with Crippen LogP contribution in [0.2, 0.25) is 0 Å². The van der Waals surface area contributed by atoms with E-state index in [0.29, 0.717) is 47.3 Å². The number of methoxy groups -OCH3 is 1. The smallest absolute Gasteiger partial charge is 0.305 e. The molecule has 0 unspecified atom stereocenters. The average molecular weight is 407 g/mol. The van der Waals surface area contributed by atoms with Gasteiger partial charge in [0.25, 0.3) is 0 Å². The van der Waals surface area contributed by atoms with E-state index in [4.69, 9.17) is 4.74 Å². The van der Waals surface area contributed by atoms with Gasteiger partial charge >= 0.3 is 5.97 Å². The number of carbonyl (C=O) groups is 1. The molecule has 0 amide bonds. The molecule has 0 aromatic carbocycles. The zero-order valence-corrected chi connectivity index (χ0v) is 18.9. The molecule has 4 nitrogen and oxygen atoms in total. The number of rotatable bonds is 4. The second-order valence-electron chi connectivity index (χ2n) is 11.5. The van der Waals surface area contributed by atoms with Crippen molar-refractivity contribution in [2.75, 3.05) is 7.11 Å². The number of aliphatic hydroxyl groups is 2. The van der Waals surface area contributed by atoms with E-state index in [2.05, 4.69) is 20.8 Å². The van der Waals surface area contributed by atoms with Crippen molar-refractivity contribution < 1.29 is 19.7 Å². The highest BCUT2D eigenvalue weighted by molar-refractivity contribution is 5.69. The third kappa shape index (κ3) is 3.46. The Morgan fingerprint density at radius 2 is 1.72 bits per heavy atom. The Labute approximate surface area is 176 Å². The number of aliphatic hydroxyl groups excluding tert-OH is 2. The van der Waals surface area contributed by atoms with Gasteiger partial charge < -0.3 is 14.9 Å². The Hall–Kier alpha value is -0.610. The van der Waals surface area contributed by atoms with Crippen LogP contribution in [0.5, 0.6) is 0 Å². The van der Waals surface area contributed by atoms with Gasteiger partial charge in [-0.3, -0.25) is 4.79 Å². The Morgan fingerprint density at radius 3 is 2.45 bits per heavy atom. The second-order valence-corrected chi connectivity index (χ2v) is 11.5. The van der Waals surface area contributed by atoms with E-state index in [9.17, 15) is 15.0 Å². The van der Waals surface area contributed by atoms with Crippen LogP contribution >= 0.6 is 0 Å². The maximum absolute atomic E-state index is 11.6. The lowest BCUT2D eigenvalue weighted by atomic mass is 9.43. The Bertz CT molecular complexity index is 620. The molecule has 0 radical (unpaired) electrons.